The molecule has 0 atom stereocenters. The number of hydrogen-bond donors (Lipinski definition) is 2. The zero-order valence-electron chi connectivity index (χ0n) is 8.65. The SMILES string of the molecule is CS(=O)(=O)O.Cc1ccccc1S(=O)(=O)O. The molecule has 0 saturated carbocycles. The average Bonchev–Trinajstić information content (AvgIpc) is 1.99. The molecular formula is C8H12O6S2. The molecule has 0 aliphatic carbocycles. The summed E-state index contributed by atoms with van der Waals surface area (Å²) >= 11 is 0. The van der Waals surface area contributed by atoms with Crippen molar-refractivity contribution in [3.63, 3.8) is 0 Å². The van der Waals surface area contributed by atoms with Gasteiger partial charge in [0.25, 0.3) is 20.2 Å². The summed E-state index contributed by atoms with van der Waals surface area (Å²) in [5.41, 5.74) is 0.551. The second kappa shape index (κ2) is 5.39. The maximum atomic E-state index is 10.6. The summed E-state index contributed by atoms with van der Waals surface area (Å²) in [5, 5.41) is 0. The van der Waals surface area contributed by atoms with Gasteiger partial charge in [-0.1, -0.05) is 18.2 Å². The van der Waals surface area contributed by atoms with Crippen LogP contribution in [0.5, 0.6) is 0 Å². The summed E-state index contributed by atoms with van der Waals surface area (Å²) in [4.78, 5) is -0.0278. The Labute approximate surface area is 94.4 Å². The van der Waals surface area contributed by atoms with Gasteiger partial charge < -0.3 is 0 Å². The zero-order chi connectivity index (χ0) is 13.0. The van der Waals surface area contributed by atoms with Crippen molar-refractivity contribution in [1.82, 2.24) is 0 Å². The second-order valence-corrected chi connectivity index (χ2v) is 5.83. The van der Waals surface area contributed by atoms with E-state index in [9.17, 15) is 16.8 Å². The molecule has 0 spiro atoms. The minimum Gasteiger partial charge on any atom is -0.286 e. The predicted octanol–water partition coefficient (Wildman–Crippen LogP) is 0.746. The van der Waals surface area contributed by atoms with Gasteiger partial charge in [0.2, 0.25) is 0 Å². The number of aryl methyl sites for hydroxylation is 1. The first-order valence-corrected chi connectivity index (χ1v) is 7.26. The van der Waals surface area contributed by atoms with E-state index in [1.165, 1.54) is 6.07 Å². The van der Waals surface area contributed by atoms with E-state index in [4.69, 9.17) is 9.11 Å². The molecule has 8 heteroatoms. The lowest BCUT2D eigenvalue weighted by Crippen LogP contribution is -1.99. The lowest BCUT2D eigenvalue weighted by atomic mass is 10.2. The molecule has 0 fully saturated rings. The van der Waals surface area contributed by atoms with Crippen LogP contribution in [0.4, 0.5) is 0 Å². The van der Waals surface area contributed by atoms with Crippen molar-refractivity contribution in [2.75, 3.05) is 6.26 Å². The molecule has 16 heavy (non-hydrogen) atoms. The zero-order valence-corrected chi connectivity index (χ0v) is 10.3. The lowest BCUT2D eigenvalue weighted by molar-refractivity contribution is 0.482. The van der Waals surface area contributed by atoms with Gasteiger partial charge in [-0.2, -0.15) is 16.8 Å². The van der Waals surface area contributed by atoms with E-state index in [2.05, 4.69) is 0 Å². The third-order valence-corrected chi connectivity index (χ3v) is 2.39. The molecule has 0 radical (unpaired) electrons. The van der Waals surface area contributed by atoms with Crippen LogP contribution in [0.25, 0.3) is 0 Å². The minimum absolute atomic E-state index is 0.0278. The van der Waals surface area contributed by atoms with E-state index >= 15 is 0 Å². The second-order valence-electron chi connectivity index (χ2n) is 2.97. The van der Waals surface area contributed by atoms with Gasteiger partial charge in [0.15, 0.2) is 0 Å². The van der Waals surface area contributed by atoms with E-state index in [1.807, 2.05) is 0 Å². The fraction of sp³-hybridized carbons (Fsp3) is 0.250. The quantitative estimate of drug-likeness (QED) is 0.727. The summed E-state index contributed by atoms with van der Waals surface area (Å²) in [7, 11) is -7.70. The van der Waals surface area contributed by atoms with Crippen molar-refractivity contribution in [3.8, 4) is 0 Å². The van der Waals surface area contributed by atoms with E-state index in [0.29, 0.717) is 11.8 Å². The molecular weight excluding hydrogens is 256 g/mol. The van der Waals surface area contributed by atoms with Crippen LogP contribution < -0.4 is 0 Å². The van der Waals surface area contributed by atoms with Crippen molar-refractivity contribution in [1.29, 1.82) is 0 Å². The van der Waals surface area contributed by atoms with Crippen LogP contribution in [0.1, 0.15) is 5.56 Å². The monoisotopic (exact) mass is 268 g/mol. The average molecular weight is 268 g/mol. The Morgan fingerprint density at radius 1 is 1.00 bits per heavy atom. The predicted molar refractivity (Wildman–Crippen MR) is 58.5 cm³/mol. The number of benzene rings is 1. The van der Waals surface area contributed by atoms with Crippen molar-refractivity contribution >= 4 is 20.2 Å². The Morgan fingerprint density at radius 3 is 1.62 bits per heavy atom. The molecule has 1 aromatic rings. The van der Waals surface area contributed by atoms with Gasteiger partial charge in [-0.05, 0) is 18.6 Å². The van der Waals surface area contributed by atoms with Gasteiger partial charge in [0, 0.05) is 0 Å². The van der Waals surface area contributed by atoms with Crippen LogP contribution in [-0.4, -0.2) is 32.2 Å². The van der Waals surface area contributed by atoms with Crippen LogP contribution in [0.2, 0.25) is 0 Å². The summed E-state index contributed by atoms with van der Waals surface area (Å²) in [5.74, 6) is 0. The first kappa shape index (κ1) is 15.0. The van der Waals surface area contributed by atoms with Crippen LogP contribution in [-0.2, 0) is 20.2 Å². The molecule has 0 saturated heterocycles. The Hall–Kier alpha value is -0.960. The van der Waals surface area contributed by atoms with Gasteiger partial charge in [-0.3, -0.25) is 9.11 Å². The maximum absolute atomic E-state index is 10.6. The topological polar surface area (TPSA) is 109 Å². The molecule has 0 aliphatic rings. The van der Waals surface area contributed by atoms with E-state index in [-0.39, 0.29) is 4.90 Å². The number of hydrogen-bond acceptors (Lipinski definition) is 4. The van der Waals surface area contributed by atoms with Crippen molar-refractivity contribution < 1.29 is 25.9 Å². The Kier molecular flexibility index (Phi) is 5.07. The Morgan fingerprint density at radius 2 is 1.38 bits per heavy atom. The smallest absolute Gasteiger partial charge is 0.286 e. The van der Waals surface area contributed by atoms with Crippen LogP contribution in [0.15, 0.2) is 29.2 Å². The fourth-order valence-electron chi connectivity index (χ4n) is 0.846. The molecule has 0 amide bonds. The highest BCUT2D eigenvalue weighted by atomic mass is 32.2. The molecule has 0 aliphatic heterocycles. The third-order valence-electron chi connectivity index (χ3n) is 1.37. The number of rotatable bonds is 1. The normalized spacial score (nSPS) is 11.5. The van der Waals surface area contributed by atoms with Gasteiger partial charge in [-0.25, -0.2) is 0 Å². The van der Waals surface area contributed by atoms with Crippen molar-refractivity contribution in [2.45, 2.75) is 11.8 Å². The molecule has 0 aromatic heterocycles. The van der Waals surface area contributed by atoms with Crippen molar-refractivity contribution in [2.24, 2.45) is 0 Å². The van der Waals surface area contributed by atoms with Crippen LogP contribution in [0, 0.1) is 6.92 Å². The van der Waals surface area contributed by atoms with E-state index < -0.39 is 20.2 Å². The highest BCUT2D eigenvalue weighted by Gasteiger charge is 2.10. The summed E-state index contributed by atoms with van der Waals surface area (Å²) in [6.07, 6.45) is 0.715. The largest absolute Gasteiger partial charge is 0.294 e. The molecule has 1 rings (SSSR count). The molecule has 6 nitrogen and oxygen atoms in total. The first-order chi connectivity index (χ1) is 7.02. The molecule has 0 heterocycles. The third kappa shape index (κ3) is 7.35. The van der Waals surface area contributed by atoms with Gasteiger partial charge >= 0.3 is 0 Å². The Bertz CT molecular complexity index is 536. The molecule has 92 valence electrons. The minimum atomic E-state index is -4.03. The van der Waals surface area contributed by atoms with E-state index in [0.717, 1.165) is 0 Å². The maximum Gasteiger partial charge on any atom is 0.294 e. The Balaban J connectivity index is 0.000000385. The van der Waals surface area contributed by atoms with Crippen LogP contribution >= 0.6 is 0 Å². The van der Waals surface area contributed by atoms with Crippen LogP contribution in [0.3, 0.4) is 0 Å². The highest BCUT2D eigenvalue weighted by molar-refractivity contribution is 7.86. The first-order valence-electron chi connectivity index (χ1n) is 3.97. The summed E-state index contributed by atoms with van der Waals surface area (Å²) in [6.45, 7) is 1.63. The summed E-state index contributed by atoms with van der Waals surface area (Å²) in [6, 6.07) is 6.27. The molecule has 2 N–H and O–H groups in total. The standard InChI is InChI=1S/C7H8O3S.CH4O3S/c1-6-4-2-3-5-7(6)11(8,9)10;1-5(2,3)4/h2-5H,1H3,(H,8,9,10);1H3,(H,2,3,4). The van der Waals surface area contributed by atoms with E-state index in [1.54, 1.807) is 25.1 Å². The van der Waals surface area contributed by atoms with Gasteiger partial charge in [0.05, 0.1) is 11.2 Å². The molecule has 1 aromatic carbocycles. The van der Waals surface area contributed by atoms with Crippen molar-refractivity contribution in [3.05, 3.63) is 29.8 Å². The fourth-order valence-corrected chi connectivity index (χ4v) is 1.57. The summed E-state index contributed by atoms with van der Waals surface area (Å²) < 4.78 is 55.7. The lowest BCUT2D eigenvalue weighted by Gasteiger charge is -1.99. The molecule has 0 unspecified atom stereocenters. The van der Waals surface area contributed by atoms with Gasteiger partial charge in [-0.15, -0.1) is 0 Å². The highest BCUT2D eigenvalue weighted by Crippen LogP contribution is 2.12. The van der Waals surface area contributed by atoms with Gasteiger partial charge in [0.1, 0.15) is 0 Å². The molecule has 0 bridgehead atoms.